The summed E-state index contributed by atoms with van der Waals surface area (Å²) in [6, 6.07) is 8.07. The summed E-state index contributed by atoms with van der Waals surface area (Å²) in [5.74, 6) is -0.864. The van der Waals surface area contributed by atoms with Gasteiger partial charge in [0.2, 0.25) is 0 Å². The van der Waals surface area contributed by atoms with E-state index in [0.717, 1.165) is 6.07 Å². The van der Waals surface area contributed by atoms with Crippen molar-refractivity contribution in [2.24, 2.45) is 0 Å². The topological polar surface area (TPSA) is 69.6 Å². The van der Waals surface area contributed by atoms with Crippen molar-refractivity contribution in [2.75, 3.05) is 5.73 Å². The molecule has 3 aromatic rings. The van der Waals surface area contributed by atoms with Crippen LogP contribution in [0.5, 0.6) is 0 Å². The molecule has 8 heteroatoms. The third kappa shape index (κ3) is 2.55. The maximum Gasteiger partial charge on any atom is 0.187 e. The highest BCUT2D eigenvalue weighted by atomic mass is 35.5. The largest absolute Gasteiger partial charge is 0.396 e. The van der Waals surface area contributed by atoms with E-state index < -0.39 is 11.6 Å². The molecule has 0 aliphatic heterocycles. The molecular weight excluding hydrogens is 300 g/mol. The summed E-state index contributed by atoms with van der Waals surface area (Å²) in [5, 5.41) is 11.3. The molecule has 0 amide bonds. The average Bonchev–Trinajstić information content (AvgIpc) is 2.90. The van der Waals surface area contributed by atoms with E-state index in [-0.39, 0.29) is 16.5 Å². The molecule has 1 heterocycles. The molecular formula is C13H8ClF2N5. The third-order valence-corrected chi connectivity index (χ3v) is 3.04. The minimum absolute atomic E-state index is 0.0200. The number of anilines is 1. The maximum atomic E-state index is 13.5. The first-order valence-corrected chi connectivity index (χ1v) is 6.22. The fourth-order valence-corrected chi connectivity index (χ4v) is 2.08. The van der Waals surface area contributed by atoms with Crippen LogP contribution >= 0.6 is 11.6 Å². The molecule has 0 bridgehead atoms. The Kier molecular flexibility index (Phi) is 3.26. The van der Waals surface area contributed by atoms with Gasteiger partial charge in [-0.25, -0.2) is 8.78 Å². The van der Waals surface area contributed by atoms with E-state index in [1.807, 2.05) is 0 Å². The molecule has 21 heavy (non-hydrogen) atoms. The zero-order valence-corrected chi connectivity index (χ0v) is 11.2. The smallest absolute Gasteiger partial charge is 0.187 e. The Balaban J connectivity index is 2.14. The van der Waals surface area contributed by atoms with Crippen molar-refractivity contribution in [1.82, 2.24) is 20.2 Å². The summed E-state index contributed by atoms with van der Waals surface area (Å²) in [7, 11) is 0. The fraction of sp³-hybridized carbons (Fsp3) is 0. The van der Waals surface area contributed by atoms with Gasteiger partial charge in [0.25, 0.3) is 0 Å². The number of hydrogen-bond acceptors (Lipinski definition) is 4. The van der Waals surface area contributed by atoms with E-state index >= 15 is 0 Å². The van der Waals surface area contributed by atoms with Gasteiger partial charge in [-0.15, -0.1) is 5.10 Å². The molecule has 0 saturated carbocycles. The van der Waals surface area contributed by atoms with Crippen LogP contribution < -0.4 is 5.73 Å². The van der Waals surface area contributed by atoms with Crippen LogP contribution in [-0.2, 0) is 0 Å². The highest BCUT2D eigenvalue weighted by Crippen LogP contribution is 2.24. The molecule has 2 aromatic carbocycles. The summed E-state index contributed by atoms with van der Waals surface area (Å²) < 4.78 is 28.2. The van der Waals surface area contributed by atoms with E-state index in [2.05, 4.69) is 15.5 Å². The fourth-order valence-electron chi connectivity index (χ4n) is 1.87. The molecule has 0 radical (unpaired) electrons. The quantitative estimate of drug-likeness (QED) is 0.739. The first-order chi connectivity index (χ1) is 10.0. The Bertz CT molecular complexity index is 798. The normalized spacial score (nSPS) is 10.8. The van der Waals surface area contributed by atoms with Gasteiger partial charge in [0, 0.05) is 10.6 Å². The van der Waals surface area contributed by atoms with Crippen molar-refractivity contribution in [3.63, 3.8) is 0 Å². The number of benzene rings is 2. The Morgan fingerprint density at radius 2 is 1.90 bits per heavy atom. The van der Waals surface area contributed by atoms with Crippen molar-refractivity contribution in [3.8, 4) is 17.1 Å². The van der Waals surface area contributed by atoms with Gasteiger partial charge in [-0.2, -0.15) is 4.68 Å². The lowest BCUT2D eigenvalue weighted by molar-refractivity contribution is 0.624. The summed E-state index contributed by atoms with van der Waals surface area (Å²) in [4.78, 5) is 0. The van der Waals surface area contributed by atoms with Gasteiger partial charge in [-0.05, 0) is 46.8 Å². The van der Waals surface area contributed by atoms with Gasteiger partial charge in [0.1, 0.15) is 11.6 Å². The second-order valence-electron chi connectivity index (χ2n) is 4.28. The van der Waals surface area contributed by atoms with Crippen LogP contribution in [0.3, 0.4) is 0 Å². The summed E-state index contributed by atoms with van der Waals surface area (Å²) >= 11 is 5.81. The zero-order chi connectivity index (χ0) is 15.0. The summed E-state index contributed by atoms with van der Waals surface area (Å²) in [6.45, 7) is 0. The van der Waals surface area contributed by atoms with Crippen molar-refractivity contribution >= 4 is 17.3 Å². The molecule has 0 unspecified atom stereocenters. The minimum Gasteiger partial charge on any atom is -0.396 e. The van der Waals surface area contributed by atoms with Crippen molar-refractivity contribution < 1.29 is 8.78 Å². The van der Waals surface area contributed by atoms with Crippen LogP contribution in [0.15, 0.2) is 36.4 Å². The number of halogens is 3. The lowest BCUT2D eigenvalue weighted by atomic mass is 10.2. The zero-order valence-electron chi connectivity index (χ0n) is 10.5. The molecule has 0 aliphatic rings. The Morgan fingerprint density at radius 3 is 2.62 bits per heavy atom. The second kappa shape index (κ2) is 5.10. The number of nitrogens with zero attached hydrogens (tertiary/aromatic N) is 4. The first kappa shape index (κ1) is 13.4. The van der Waals surface area contributed by atoms with Crippen molar-refractivity contribution in [3.05, 3.63) is 53.1 Å². The van der Waals surface area contributed by atoms with E-state index in [0.29, 0.717) is 11.3 Å². The van der Waals surface area contributed by atoms with Gasteiger partial charge in [0.05, 0.1) is 11.4 Å². The van der Waals surface area contributed by atoms with Gasteiger partial charge in [0.15, 0.2) is 5.82 Å². The van der Waals surface area contributed by atoms with E-state index in [9.17, 15) is 8.78 Å². The van der Waals surface area contributed by atoms with Gasteiger partial charge >= 0.3 is 0 Å². The number of rotatable bonds is 2. The van der Waals surface area contributed by atoms with Crippen LogP contribution in [-0.4, -0.2) is 20.2 Å². The molecule has 0 atom stereocenters. The Labute approximate surface area is 123 Å². The number of nitrogen functional groups attached to an aromatic ring is 1. The monoisotopic (exact) mass is 307 g/mol. The van der Waals surface area contributed by atoms with Gasteiger partial charge < -0.3 is 5.73 Å². The van der Waals surface area contributed by atoms with Gasteiger partial charge in [-0.3, -0.25) is 0 Å². The lowest BCUT2D eigenvalue weighted by Gasteiger charge is -2.06. The van der Waals surface area contributed by atoms with Crippen LogP contribution in [0.25, 0.3) is 17.1 Å². The molecule has 0 saturated heterocycles. The molecule has 2 N–H and O–H groups in total. The number of nitrogens with two attached hydrogens (primary N) is 1. The first-order valence-electron chi connectivity index (χ1n) is 5.85. The standard InChI is InChI=1S/C13H8ClF2N5/c14-8-4-9(15)6-10(5-8)21-13(18-19-20-21)7-1-2-12(17)11(16)3-7/h1-6H,17H2. The van der Waals surface area contributed by atoms with Gasteiger partial charge in [-0.1, -0.05) is 11.6 Å². The lowest BCUT2D eigenvalue weighted by Crippen LogP contribution is -2.01. The number of aromatic nitrogens is 4. The highest BCUT2D eigenvalue weighted by molar-refractivity contribution is 6.30. The molecule has 0 fully saturated rings. The van der Waals surface area contributed by atoms with Crippen molar-refractivity contribution in [1.29, 1.82) is 0 Å². The van der Waals surface area contributed by atoms with Crippen LogP contribution in [0.2, 0.25) is 5.02 Å². The van der Waals surface area contributed by atoms with Crippen molar-refractivity contribution in [2.45, 2.75) is 0 Å². The van der Waals surface area contributed by atoms with E-state index in [1.165, 1.54) is 28.9 Å². The van der Waals surface area contributed by atoms with E-state index in [4.69, 9.17) is 17.3 Å². The SMILES string of the molecule is Nc1ccc(-c2nnnn2-c2cc(F)cc(Cl)c2)cc1F. The summed E-state index contributed by atoms with van der Waals surface area (Å²) in [6.07, 6.45) is 0. The highest BCUT2D eigenvalue weighted by Gasteiger charge is 2.13. The third-order valence-electron chi connectivity index (χ3n) is 2.82. The maximum absolute atomic E-state index is 13.5. The van der Waals surface area contributed by atoms with E-state index in [1.54, 1.807) is 6.07 Å². The molecule has 0 aliphatic carbocycles. The second-order valence-corrected chi connectivity index (χ2v) is 4.71. The molecule has 1 aromatic heterocycles. The molecule has 3 rings (SSSR count). The molecule has 0 spiro atoms. The Morgan fingerprint density at radius 1 is 1.10 bits per heavy atom. The predicted molar refractivity (Wildman–Crippen MR) is 73.9 cm³/mol. The predicted octanol–water partition coefficient (Wildman–Crippen LogP) is 2.84. The number of tetrazole rings is 1. The minimum atomic E-state index is -0.584. The van der Waals surface area contributed by atoms with Crippen LogP contribution in [0, 0.1) is 11.6 Å². The van der Waals surface area contributed by atoms with Crippen LogP contribution in [0.1, 0.15) is 0 Å². The van der Waals surface area contributed by atoms with Crippen LogP contribution in [0.4, 0.5) is 14.5 Å². The Hall–Kier alpha value is -2.54. The summed E-state index contributed by atoms with van der Waals surface area (Å²) in [5.41, 5.74) is 6.19. The molecule has 5 nitrogen and oxygen atoms in total. The number of hydrogen-bond donors (Lipinski definition) is 1. The molecule has 106 valence electrons. The average molecular weight is 308 g/mol.